The molecule has 1 aromatic carbocycles. The fourth-order valence-corrected chi connectivity index (χ4v) is 2.97. The third-order valence-corrected chi connectivity index (χ3v) is 4.19. The van der Waals surface area contributed by atoms with Gasteiger partial charge in [-0.2, -0.15) is 10.1 Å². The molecule has 2 aromatic rings. The van der Waals surface area contributed by atoms with Crippen molar-refractivity contribution in [2.24, 2.45) is 0 Å². The lowest BCUT2D eigenvalue weighted by Crippen LogP contribution is -2.10. The smallest absolute Gasteiger partial charge is 0.249 e. The van der Waals surface area contributed by atoms with Gasteiger partial charge in [0.15, 0.2) is 5.82 Å². The molecule has 6 heteroatoms. The van der Waals surface area contributed by atoms with E-state index in [1.165, 1.54) is 25.7 Å². The van der Waals surface area contributed by atoms with Crippen LogP contribution in [0.5, 0.6) is 5.75 Å². The standard InChI is InChI=1S/C20H27N5O/c1-15(2)26-18-11-7-6-10-17(18)23-20-24-19(14-22-25-20)21-13-12-16-8-4-3-5-9-16/h6-8,10-11,14-15H,3-5,9,12-13H2,1-2H3,(H2,21,23,24,25). The highest BCUT2D eigenvalue weighted by Crippen LogP contribution is 2.27. The van der Waals surface area contributed by atoms with E-state index in [0.29, 0.717) is 5.95 Å². The molecule has 138 valence electrons. The maximum Gasteiger partial charge on any atom is 0.249 e. The molecular weight excluding hydrogens is 326 g/mol. The average Bonchev–Trinajstić information content (AvgIpc) is 2.64. The summed E-state index contributed by atoms with van der Waals surface area (Å²) >= 11 is 0. The van der Waals surface area contributed by atoms with Gasteiger partial charge in [0.25, 0.3) is 0 Å². The van der Waals surface area contributed by atoms with Crippen LogP contribution in [0.25, 0.3) is 0 Å². The van der Waals surface area contributed by atoms with Crippen molar-refractivity contribution >= 4 is 17.5 Å². The van der Waals surface area contributed by atoms with Crippen molar-refractivity contribution in [2.45, 2.75) is 52.1 Å². The van der Waals surface area contributed by atoms with Crippen molar-refractivity contribution in [3.63, 3.8) is 0 Å². The Hall–Kier alpha value is -2.63. The van der Waals surface area contributed by atoms with Crippen molar-refractivity contribution in [1.29, 1.82) is 0 Å². The van der Waals surface area contributed by atoms with Crippen molar-refractivity contribution < 1.29 is 4.74 Å². The van der Waals surface area contributed by atoms with E-state index >= 15 is 0 Å². The number of nitrogens with one attached hydrogen (secondary N) is 2. The third kappa shape index (κ3) is 5.44. The maximum atomic E-state index is 5.82. The molecule has 0 amide bonds. The van der Waals surface area contributed by atoms with E-state index in [-0.39, 0.29) is 6.10 Å². The Balaban J connectivity index is 1.60. The second-order valence-electron chi connectivity index (χ2n) is 6.74. The Labute approximate surface area is 155 Å². The van der Waals surface area contributed by atoms with Crippen LogP contribution in [0.15, 0.2) is 42.1 Å². The van der Waals surface area contributed by atoms with Gasteiger partial charge in [-0.05, 0) is 58.1 Å². The topological polar surface area (TPSA) is 72.0 Å². The zero-order chi connectivity index (χ0) is 18.2. The SMILES string of the molecule is CC(C)Oc1ccccc1Nc1nncc(NCCC2=CCCCC2)n1. The molecule has 1 aliphatic rings. The first-order chi connectivity index (χ1) is 12.7. The molecule has 1 aliphatic carbocycles. The van der Waals surface area contributed by atoms with Crippen LogP contribution < -0.4 is 15.4 Å². The Kier molecular flexibility index (Phi) is 6.41. The highest BCUT2D eigenvalue weighted by Gasteiger charge is 2.08. The lowest BCUT2D eigenvalue weighted by atomic mass is 9.97. The van der Waals surface area contributed by atoms with Crippen LogP contribution in [0.2, 0.25) is 0 Å². The third-order valence-electron chi connectivity index (χ3n) is 4.19. The monoisotopic (exact) mass is 353 g/mol. The van der Waals surface area contributed by atoms with Gasteiger partial charge in [-0.1, -0.05) is 23.8 Å². The van der Waals surface area contributed by atoms with E-state index in [1.54, 1.807) is 11.8 Å². The minimum Gasteiger partial charge on any atom is -0.489 e. The molecule has 1 aromatic heterocycles. The second-order valence-corrected chi connectivity index (χ2v) is 6.74. The number of rotatable bonds is 8. The summed E-state index contributed by atoms with van der Waals surface area (Å²) in [6, 6.07) is 7.76. The quantitative estimate of drug-likeness (QED) is 0.670. The summed E-state index contributed by atoms with van der Waals surface area (Å²) in [6.45, 7) is 4.86. The van der Waals surface area contributed by atoms with Gasteiger partial charge in [-0.25, -0.2) is 0 Å². The van der Waals surface area contributed by atoms with E-state index < -0.39 is 0 Å². The Morgan fingerprint density at radius 1 is 1.19 bits per heavy atom. The molecular formula is C20H27N5O. The number of aromatic nitrogens is 3. The van der Waals surface area contributed by atoms with E-state index in [0.717, 1.165) is 30.2 Å². The van der Waals surface area contributed by atoms with E-state index in [1.807, 2.05) is 38.1 Å². The van der Waals surface area contributed by atoms with Crippen LogP contribution in [0, 0.1) is 0 Å². The Bertz CT molecular complexity index is 744. The molecule has 6 nitrogen and oxygen atoms in total. The highest BCUT2D eigenvalue weighted by atomic mass is 16.5. The number of allylic oxidation sites excluding steroid dienone is 1. The summed E-state index contributed by atoms with van der Waals surface area (Å²) in [5.41, 5.74) is 2.37. The number of nitrogens with zero attached hydrogens (tertiary/aromatic N) is 3. The van der Waals surface area contributed by atoms with Gasteiger partial charge >= 0.3 is 0 Å². The van der Waals surface area contributed by atoms with Crippen molar-refractivity contribution in [2.75, 3.05) is 17.2 Å². The van der Waals surface area contributed by atoms with Gasteiger partial charge in [0.05, 0.1) is 18.0 Å². The molecule has 2 N–H and O–H groups in total. The van der Waals surface area contributed by atoms with Crippen LogP contribution in [-0.2, 0) is 0 Å². The van der Waals surface area contributed by atoms with Gasteiger partial charge in [-0.3, -0.25) is 0 Å². The highest BCUT2D eigenvalue weighted by molar-refractivity contribution is 5.62. The van der Waals surface area contributed by atoms with Gasteiger partial charge in [0.1, 0.15) is 5.75 Å². The summed E-state index contributed by atoms with van der Waals surface area (Å²) in [5.74, 6) is 1.95. The second kappa shape index (κ2) is 9.17. The van der Waals surface area contributed by atoms with E-state index in [9.17, 15) is 0 Å². The first-order valence-corrected chi connectivity index (χ1v) is 9.35. The molecule has 0 aliphatic heterocycles. The molecule has 0 bridgehead atoms. The number of hydrogen-bond acceptors (Lipinski definition) is 6. The largest absolute Gasteiger partial charge is 0.489 e. The van der Waals surface area contributed by atoms with Crippen molar-refractivity contribution in [1.82, 2.24) is 15.2 Å². The predicted octanol–water partition coefficient (Wildman–Crippen LogP) is 4.70. The fourth-order valence-electron chi connectivity index (χ4n) is 2.97. The normalized spacial score (nSPS) is 14.0. The van der Waals surface area contributed by atoms with Crippen LogP contribution in [0.3, 0.4) is 0 Å². The number of ether oxygens (including phenoxy) is 1. The van der Waals surface area contributed by atoms with Gasteiger partial charge in [0, 0.05) is 6.54 Å². The maximum absolute atomic E-state index is 5.82. The van der Waals surface area contributed by atoms with Crippen LogP contribution in [0.1, 0.15) is 46.0 Å². The minimum atomic E-state index is 0.0964. The molecule has 0 spiro atoms. The summed E-state index contributed by atoms with van der Waals surface area (Å²) in [5, 5.41) is 14.7. The van der Waals surface area contributed by atoms with Crippen molar-refractivity contribution in [3.05, 3.63) is 42.1 Å². The lowest BCUT2D eigenvalue weighted by Gasteiger charge is -2.15. The zero-order valence-electron chi connectivity index (χ0n) is 15.5. The first kappa shape index (κ1) is 18.2. The van der Waals surface area contributed by atoms with Gasteiger partial charge < -0.3 is 15.4 Å². The first-order valence-electron chi connectivity index (χ1n) is 9.35. The lowest BCUT2D eigenvalue weighted by molar-refractivity contribution is 0.244. The van der Waals surface area contributed by atoms with Crippen LogP contribution >= 0.6 is 0 Å². The summed E-state index contributed by atoms with van der Waals surface area (Å²) in [7, 11) is 0. The number of hydrogen-bond donors (Lipinski definition) is 2. The molecule has 0 atom stereocenters. The predicted molar refractivity (Wildman–Crippen MR) is 105 cm³/mol. The molecule has 0 saturated carbocycles. The van der Waals surface area contributed by atoms with Gasteiger partial charge in [0.2, 0.25) is 5.95 Å². The molecule has 0 unspecified atom stereocenters. The Morgan fingerprint density at radius 3 is 2.88 bits per heavy atom. The summed E-state index contributed by atoms with van der Waals surface area (Å²) in [4.78, 5) is 4.50. The molecule has 3 rings (SSSR count). The molecule has 0 fully saturated rings. The molecule has 0 radical (unpaired) electrons. The minimum absolute atomic E-state index is 0.0964. The molecule has 1 heterocycles. The summed E-state index contributed by atoms with van der Waals surface area (Å²) in [6.07, 6.45) is 10.3. The number of benzene rings is 1. The van der Waals surface area contributed by atoms with E-state index in [2.05, 4.69) is 31.9 Å². The van der Waals surface area contributed by atoms with E-state index in [4.69, 9.17) is 4.74 Å². The number of para-hydroxylation sites is 2. The van der Waals surface area contributed by atoms with Gasteiger partial charge in [-0.15, -0.1) is 5.10 Å². The van der Waals surface area contributed by atoms with Crippen molar-refractivity contribution in [3.8, 4) is 5.75 Å². The summed E-state index contributed by atoms with van der Waals surface area (Å²) < 4.78 is 5.82. The van der Waals surface area contributed by atoms with Crippen LogP contribution in [-0.4, -0.2) is 27.8 Å². The number of anilines is 3. The average molecular weight is 353 g/mol. The Morgan fingerprint density at radius 2 is 2.08 bits per heavy atom. The zero-order valence-corrected chi connectivity index (χ0v) is 15.5. The van der Waals surface area contributed by atoms with Crippen LogP contribution in [0.4, 0.5) is 17.5 Å². The molecule has 26 heavy (non-hydrogen) atoms. The fraction of sp³-hybridized carbons (Fsp3) is 0.450. The molecule has 0 saturated heterocycles.